The van der Waals surface area contributed by atoms with E-state index in [2.05, 4.69) is 37.3 Å². The molecule has 0 fully saturated rings. The van der Waals surface area contributed by atoms with Crippen molar-refractivity contribution >= 4 is 22.6 Å². The van der Waals surface area contributed by atoms with Gasteiger partial charge in [-0.2, -0.15) is 0 Å². The molecule has 1 nitrogen and oxygen atoms in total. The molecule has 2 heteroatoms. The molecule has 2 aromatic carbocycles. The molecule has 0 saturated carbocycles. The van der Waals surface area contributed by atoms with Gasteiger partial charge in [-0.3, -0.25) is 0 Å². The predicted molar refractivity (Wildman–Crippen MR) is 79.9 cm³/mol. The predicted octanol–water partition coefficient (Wildman–Crippen LogP) is 5.24. The quantitative estimate of drug-likeness (QED) is 0.634. The molecule has 19 heavy (non-hydrogen) atoms. The van der Waals surface area contributed by atoms with Crippen LogP contribution in [0.4, 0.5) is 0 Å². The zero-order chi connectivity index (χ0) is 13.2. The fourth-order valence-corrected chi connectivity index (χ4v) is 2.58. The van der Waals surface area contributed by atoms with Gasteiger partial charge in [-0.1, -0.05) is 49.4 Å². The van der Waals surface area contributed by atoms with Crippen LogP contribution in [0.3, 0.4) is 0 Å². The Morgan fingerprint density at radius 2 is 1.63 bits per heavy atom. The second-order valence-corrected chi connectivity index (χ2v) is 5.04. The van der Waals surface area contributed by atoms with Gasteiger partial charge >= 0.3 is 0 Å². The van der Waals surface area contributed by atoms with Crippen molar-refractivity contribution in [3.8, 4) is 0 Å². The monoisotopic (exact) mass is 270 g/mol. The summed E-state index contributed by atoms with van der Waals surface area (Å²) < 4.78 is 5.58. The molecule has 0 unspecified atom stereocenters. The van der Waals surface area contributed by atoms with E-state index >= 15 is 0 Å². The molecule has 0 atom stereocenters. The molecule has 3 rings (SSSR count). The average molecular weight is 271 g/mol. The van der Waals surface area contributed by atoms with Crippen LogP contribution in [0.2, 0.25) is 5.22 Å². The van der Waals surface area contributed by atoms with Gasteiger partial charge in [0.05, 0.1) is 0 Å². The normalized spacial score (nSPS) is 11.1. The number of benzene rings is 2. The molecular formula is C17H15ClO. The summed E-state index contributed by atoms with van der Waals surface area (Å²) in [5.41, 5.74) is 4.53. The first-order valence-corrected chi connectivity index (χ1v) is 6.89. The highest BCUT2D eigenvalue weighted by Crippen LogP contribution is 2.31. The van der Waals surface area contributed by atoms with Gasteiger partial charge in [0.2, 0.25) is 0 Å². The van der Waals surface area contributed by atoms with Gasteiger partial charge in [0.15, 0.2) is 5.22 Å². The van der Waals surface area contributed by atoms with E-state index in [9.17, 15) is 0 Å². The van der Waals surface area contributed by atoms with Crippen LogP contribution in [-0.4, -0.2) is 0 Å². The first kappa shape index (κ1) is 12.3. The van der Waals surface area contributed by atoms with Crippen molar-refractivity contribution in [2.75, 3.05) is 0 Å². The van der Waals surface area contributed by atoms with Crippen molar-refractivity contribution < 1.29 is 4.42 Å². The molecule has 0 aliphatic rings. The molecule has 0 bridgehead atoms. The first-order chi connectivity index (χ1) is 9.28. The Kier molecular flexibility index (Phi) is 3.31. The molecule has 3 aromatic rings. The highest BCUT2D eigenvalue weighted by Gasteiger charge is 2.12. The van der Waals surface area contributed by atoms with E-state index < -0.39 is 0 Å². The number of fused-ring (bicyclic) bond motifs is 1. The molecular weight excluding hydrogens is 256 g/mol. The summed E-state index contributed by atoms with van der Waals surface area (Å²) in [6, 6.07) is 16.6. The number of hydrogen-bond donors (Lipinski definition) is 0. The lowest BCUT2D eigenvalue weighted by Gasteiger charge is -2.02. The van der Waals surface area contributed by atoms with Crippen molar-refractivity contribution in [3.05, 3.63) is 70.4 Å². The Balaban J connectivity index is 1.98. The highest BCUT2D eigenvalue weighted by molar-refractivity contribution is 6.30. The van der Waals surface area contributed by atoms with E-state index in [1.807, 2.05) is 18.2 Å². The molecule has 0 saturated heterocycles. The Labute approximate surface area is 117 Å². The lowest BCUT2D eigenvalue weighted by Crippen LogP contribution is -1.88. The Hall–Kier alpha value is -1.73. The van der Waals surface area contributed by atoms with Gasteiger partial charge in [-0.05, 0) is 35.2 Å². The van der Waals surface area contributed by atoms with E-state index in [1.54, 1.807) is 0 Å². The molecule has 1 aromatic heterocycles. The van der Waals surface area contributed by atoms with Crippen LogP contribution < -0.4 is 0 Å². The fourth-order valence-electron chi connectivity index (χ4n) is 2.33. The van der Waals surface area contributed by atoms with Gasteiger partial charge < -0.3 is 4.42 Å². The second-order valence-electron chi connectivity index (χ2n) is 4.70. The van der Waals surface area contributed by atoms with Crippen molar-refractivity contribution in [2.45, 2.75) is 19.8 Å². The first-order valence-electron chi connectivity index (χ1n) is 6.51. The Morgan fingerprint density at radius 1 is 0.947 bits per heavy atom. The molecule has 0 amide bonds. The topological polar surface area (TPSA) is 13.1 Å². The minimum absolute atomic E-state index is 0.501. The highest BCUT2D eigenvalue weighted by atomic mass is 35.5. The van der Waals surface area contributed by atoms with Crippen molar-refractivity contribution in [3.63, 3.8) is 0 Å². The van der Waals surface area contributed by atoms with Crippen molar-refractivity contribution in [1.29, 1.82) is 0 Å². The third kappa shape index (κ3) is 2.39. The van der Waals surface area contributed by atoms with Gasteiger partial charge in [-0.25, -0.2) is 0 Å². The summed E-state index contributed by atoms with van der Waals surface area (Å²) in [6.45, 7) is 2.16. The maximum Gasteiger partial charge on any atom is 0.198 e. The number of rotatable bonds is 3. The van der Waals surface area contributed by atoms with Crippen LogP contribution in [0.1, 0.15) is 23.6 Å². The summed E-state index contributed by atoms with van der Waals surface area (Å²) in [5, 5.41) is 1.60. The Morgan fingerprint density at radius 3 is 2.37 bits per heavy atom. The zero-order valence-corrected chi connectivity index (χ0v) is 11.6. The lowest BCUT2D eigenvalue weighted by atomic mass is 10.0. The molecule has 0 spiro atoms. The molecule has 96 valence electrons. The Bertz CT molecular complexity index is 695. The number of halogens is 1. The van der Waals surface area contributed by atoms with E-state index in [4.69, 9.17) is 16.0 Å². The minimum atomic E-state index is 0.501. The third-order valence-electron chi connectivity index (χ3n) is 3.46. The van der Waals surface area contributed by atoms with Crippen molar-refractivity contribution in [2.24, 2.45) is 0 Å². The maximum atomic E-state index is 6.21. The van der Waals surface area contributed by atoms with Gasteiger partial charge in [0.1, 0.15) is 5.58 Å². The summed E-state index contributed by atoms with van der Waals surface area (Å²) in [7, 11) is 0. The third-order valence-corrected chi connectivity index (χ3v) is 3.77. The van der Waals surface area contributed by atoms with Crippen LogP contribution in [-0.2, 0) is 12.8 Å². The van der Waals surface area contributed by atoms with Gasteiger partial charge in [0, 0.05) is 17.4 Å². The standard InChI is InChI=1S/C17H15ClO/c1-2-12-7-9-13(10-8-12)11-15-14-5-3-4-6-16(14)19-17(15)18/h3-10H,2,11H2,1H3. The zero-order valence-electron chi connectivity index (χ0n) is 10.8. The fraction of sp³-hybridized carbons (Fsp3) is 0.176. The number of furan rings is 1. The minimum Gasteiger partial charge on any atom is -0.444 e. The molecule has 0 aliphatic heterocycles. The van der Waals surface area contributed by atoms with Crippen LogP contribution in [0, 0.1) is 0 Å². The lowest BCUT2D eigenvalue weighted by molar-refractivity contribution is 0.614. The summed E-state index contributed by atoms with van der Waals surface area (Å²) >= 11 is 6.21. The van der Waals surface area contributed by atoms with E-state index in [0.717, 1.165) is 29.4 Å². The smallest absolute Gasteiger partial charge is 0.198 e. The van der Waals surface area contributed by atoms with E-state index in [-0.39, 0.29) is 0 Å². The largest absolute Gasteiger partial charge is 0.444 e. The molecule has 0 N–H and O–H groups in total. The molecule has 0 aliphatic carbocycles. The summed E-state index contributed by atoms with van der Waals surface area (Å²) in [6.07, 6.45) is 1.87. The number of aryl methyl sites for hydroxylation is 1. The van der Waals surface area contributed by atoms with Crippen LogP contribution in [0.15, 0.2) is 52.9 Å². The SMILES string of the molecule is CCc1ccc(Cc2c(Cl)oc3ccccc23)cc1. The van der Waals surface area contributed by atoms with E-state index in [0.29, 0.717) is 5.22 Å². The molecule has 1 heterocycles. The number of hydrogen-bond acceptors (Lipinski definition) is 1. The average Bonchev–Trinajstić information content (AvgIpc) is 2.76. The van der Waals surface area contributed by atoms with Gasteiger partial charge in [0.25, 0.3) is 0 Å². The van der Waals surface area contributed by atoms with Crippen LogP contribution in [0.5, 0.6) is 0 Å². The summed E-state index contributed by atoms with van der Waals surface area (Å²) in [4.78, 5) is 0. The van der Waals surface area contributed by atoms with Gasteiger partial charge in [-0.15, -0.1) is 0 Å². The number of para-hydroxylation sites is 1. The van der Waals surface area contributed by atoms with Crippen LogP contribution in [0.25, 0.3) is 11.0 Å². The molecule has 0 radical (unpaired) electrons. The summed E-state index contributed by atoms with van der Waals surface area (Å²) in [5.74, 6) is 0. The van der Waals surface area contributed by atoms with E-state index in [1.165, 1.54) is 11.1 Å². The van der Waals surface area contributed by atoms with Crippen molar-refractivity contribution in [1.82, 2.24) is 0 Å². The second kappa shape index (κ2) is 5.10. The van der Waals surface area contributed by atoms with Crippen LogP contribution >= 0.6 is 11.6 Å². The maximum absolute atomic E-state index is 6.21.